The van der Waals surface area contributed by atoms with Gasteiger partial charge in [0.2, 0.25) is 5.91 Å². The smallest absolute Gasteiger partial charge is 0.285 e. The fourth-order valence-electron chi connectivity index (χ4n) is 2.55. The molecule has 0 bridgehead atoms. The predicted octanol–water partition coefficient (Wildman–Crippen LogP) is 1.32. The minimum atomic E-state index is -0.549. The lowest BCUT2D eigenvalue weighted by Gasteiger charge is -2.08. The molecular weight excluding hydrogens is 314 g/mol. The molecule has 1 N–H and O–H groups in total. The summed E-state index contributed by atoms with van der Waals surface area (Å²) in [5.74, 6) is -0.376. The standard InChI is InChI=1S/C15H15N5O2S/c1-8-9(2)19-20(14(22)10(8)6-16)7-13(21)18-15-17-11-4-3-5-12(11)23-15/h3-5,7H2,1-2H3,(H,17,18,21). The number of hydrogen-bond donors (Lipinski definition) is 1. The van der Waals surface area contributed by atoms with Gasteiger partial charge in [0.15, 0.2) is 5.13 Å². The number of thiazole rings is 1. The van der Waals surface area contributed by atoms with Crippen molar-refractivity contribution in [2.24, 2.45) is 0 Å². The number of carbonyl (C=O) groups is 1. The number of amides is 1. The summed E-state index contributed by atoms with van der Waals surface area (Å²) in [6.45, 7) is 3.14. The number of fused-ring (bicyclic) bond motifs is 1. The maximum Gasteiger partial charge on any atom is 0.285 e. The largest absolute Gasteiger partial charge is 0.300 e. The van der Waals surface area contributed by atoms with Gasteiger partial charge in [-0.05, 0) is 38.7 Å². The topological polar surface area (TPSA) is 101 Å². The summed E-state index contributed by atoms with van der Waals surface area (Å²) in [5, 5.41) is 16.4. The Kier molecular flexibility index (Phi) is 3.96. The van der Waals surface area contributed by atoms with E-state index in [0.717, 1.165) is 29.6 Å². The maximum atomic E-state index is 12.2. The first-order chi connectivity index (χ1) is 11.0. The molecule has 0 unspecified atom stereocenters. The van der Waals surface area contributed by atoms with Crippen molar-refractivity contribution in [3.8, 4) is 6.07 Å². The first-order valence-corrected chi connectivity index (χ1v) is 8.08. The molecule has 23 heavy (non-hydrogen) atoms. The van der Waals surface area contributed by atoms with Gasteiger partial charge >= 0.3 is 0 Å². The second-order valence-corrected chi connectivity index (χ2v) is 6.53. The molecular formula is C15H15N5O2S. The van der Waals surface area contributed by atoms with Gasteiger partial charge in [-0.1, -0.05) is 0 Å². The molecule has 8 heteroatoms. The van der Waals surface area contributed by atoms with Gasteiger partial charge in [-0.15, -0.1) is 11.3 Å². The summed E-state index contributed by atoms with van der Waals surface area (Å²) in [6, 6.07) is 1.88. The summed E-state index contributed by atoms with van der Waals surface area (Å²) in [5.41, 5.74) is 1.64. The molecule has 0 spiro atoms. The van der Waals surface area contributed by atoms with E-state index in [1.165, 1.54) is 16.2 Å². The van der Waals surface area contributed by atoms with Crippen molar-refractivity contribution >= 4 is 22.4 Å². The number of nitriles is 1. The van der Waals surface area contributed by atoms with Crippen LogP contribution in [0.2, 0.25) is 0 Å². The van der Waals surface area contributed by atoms with Crippen molar-refractivity contribution in [1.29, 1.82) is 5.26 Å². The van der Waals surface area contributed by atoms with E-state index in [2.05, 4.69) is 15.4 Å². The van der Waals surface area contributed by atoms with Gasteiger partial charge in [-0.25, -0.2) is 9.67 Å². The van der Waals surface area contributed by atoms with E-state index in [9.17, 15) is 9.59 Å². The SMILES string of the molecule is Cc1nn(CC(=O)Nc2nc3c(s2)CCC3)c(=O)c(C#N)c1C. The summed E-state index contributed by atoms with van der Waals surface area (Å²) in [7, 11) is 0. The Balaban J connectivity index is 1.79. The second kappa shape index (κ2) is 5.93. The molecule has 0 atom stereocenters. The summed E-state index contributed by atoms with van der Waals surface area (Å²) in [6.07, 6.45) is 3.07. The predicted molar refractivity (Wildman–Crippen MR) is 85.5 cm³/mol. The molecule has 0 saturated heterocycles. The zero-order valence-electron chi connectivity index (χ0n) is 12.8. The number of nitrogens with one attached hydrogen (secondary N) is 1. The zero-order chi connectivity index (χ0) is 16.6. The minimum Gasteiger partial charge on any atom is -0.300 e. The Morgan fingerprint density at radius 2 is 2.22 bits per heavy atom. The minimum absolute atomic E-state index is 0.0264. The van der Waals surface area contributed by atoms with Gasteiger partial charge in [0.1, 0.15) is 18.2 Å². The molecule has 118 valence electrons. The molecule has 1 aliphatic carbocycles. The lowest BCUT2D eigenvalue weighted by molar-refractivity contribution is -0.117. The van der Waals surface area contributed by atoms with Crippen LogP contribution < -0.4 is 10.9 Å². The Morgan fingerprint density at radius 1 is 1.43 bits per heavy atom. The van der Waals surface area contributed by atoms with Crippen LogP contribution >= 0.6 is 11.3 Å². The third-order valence-corrected chi connectivity index (χ3v) is 4.96. The lowest BCUT2D eigenvalue weighted by atomic mass is 10.1. The second-order valence-electron chi connectivity index (χ2n) is 5.45. The van der Waals surface area contributed by atoms with Crippen molar-refractivity contribution in [2.75, 3.05) is 5.32 Å². The van der Waals surface area contributed by atoms with Crippen LogP contribution in [0.25, 0.3) is 0 Å². The summed E-state index contributed by atoms with van der Waals surface area (Å²) in [4.78, 5) is 29.9. The van der Waals surface area contributed by atoms with Crippen molar-refractivity contribution in [2.45, 2.75) is 39.7 Å². The molecule has 2 aromatic rings. The molecule has 1 aliphatic rings. The zero-order valence-corrected chi connectivity index (χ0v) is 13.7. The Bertz CT molecular complexity index is 869. The van der Waals surface area contributed by atoms with Gasteiger partial charge in [0.25, 0.3) is 5.56 Å². The van der Waals surface area contributed by atoms with E-state index in [0.29, 0.717) is 16.4 Å². The van der Waals surface area contributed by atoms with Crippen LogP contribution in [0.3, 0.4) is 0 Å². The van der Waals surface area contributed by atoms with Crippen LogP contribution in [0, 0.1) is 25.2 Å². The quantitative estimate of drug-likeness (QED) is 0.915. The summed E-state index contributed by atoms with van der Waals surface area (Å²) < 4.78 is 1.03. The van der Waals surface area contributed by atoms with Gasteiger partial charge in [0, 0.05) is 4.88 Å². The van der Waals surface area contributed by atoms with Gasteiger partial charge in [0.05, 0.1) is 11.4 Å². The number of carbonyl (C=O) groups excluding carboxylic acids is 1. The number of anilines is 1. The Labute approximate surface area is 136 Å². The van der Waals surface area contributed by atoms with E-state index < -0.39 is 5.56 Å². The number of aromatic nitrogens is 3. The molecule has 0 saturated carbocycles. The van der Waals surface area contributed by atoms with Crippen molar-refractivity contribution < 1.29 is 4.79 Å². The molecule has 2 aromatic heterocycles. The summed E-state index contributed by atoms with van der Waals surface area (Å²) >= 11 is 1.48. The fraction of sp³-hybridized carbons (Fsp3) is 0.400. The van der Waals surface area contributed by atoms with E-state index in [4.69, 9.17) is 5.26 Å². The molecule has 3 rings (SSSR count). The number of hydrogen-bond acceptors (Lipinski definition) is 6. The number of rotatable bonds is 3. The molecule has 1 amide bonds. The van der Waals surface area contributed by atoms with E-state index in [1.54, 1.807) is 13.8 Å². The van der Waals surface area contributed by atoms with Gasteiger partial charge < -0.3 is 5.32 Å². The normalized spacial score (nSPS) is 12.7. The molecule has 2 heterocycles. The highest BCUT2D eigenvalue weighted by Gasteiger charge is 2.19. The van der Waals surface area contributed by atoms with Crippen LogP contribution in [-0.2, 0) is 24.2 Å². The van der Waals surface area contributed by atoms with E-state index in [-0.39, 0.29) is 18.0 Å². The maximum absolute atomic E-state index is 12.2. The van der Waals surface area contributed by atoms with Crippen LogP contribution in [-0.4, -0.2) is 20.7 Å². The molecule has 7 nitrogen and oxygen atoms in total. The van der Waals surface area contributed by atoms with Gasteiger partial charge in [-0.2, -0.15) is 10.4 Å². The highest BCUT2D eigenvalue weighted by molar-refractivity contribution is 7.15. The highest BCUT2D eigenvalue weighted by atomic mass is 32.1. The third kappa shape index (κ3) is 2.87. The van der Waals surface area contributed by atoms with E-state index in [1.807, 2.05) is 6.07 Å². The number of aryl methyl sites for hydroxylation is 3. The van der Waals surface area contributed by atoms with Gasteiger partial charge in [-0.3, -0.25) is 9.59 Å². The third-order valence-electron chi connectivity index (χ3n) is 3.88. The molecule has 0 fully saturated rings. The van der Waals surface area contributed by atoms with Crippen molar-refractivity contribution in [1.82, 2.24) is 14.8 Å². The monoisotopic (exact) mass is 329 g/mol. The average Bonchev–Trinajstić information content (AvgIpc) is 3.06. The Hall–Kier alpha value is -2.53. The first kappa shape index (κ1) is 15.4. The van der Waals surface area contributed by atoms with Crippen molar-refractivity contribution in [3.63, 3.8) is 0 Å². The highest BCUT2D eigenvalue weighted by Crippen LogP contribution is 2.30. The molecule has 0 aromatic carbocycles. The molecule has 0 radical (unpaired) electrons. The van der Waals surface area contributed by atoms with Crippen LogP contribution in [0.4, 0.5) is 5.13 Å². The van der Waals surface area contributed by atoms with Crippen LogP contribution in [0.15, 0.2) is 4.79 Å². The lowest BCUT2D eigenvalue weighted by Crippen LogP contribution is -2.32. The van der Waals surface area contributed by atoms with Crippen molar-refractivity contribution in [3.05, 3.63) is 37.7 Å². The van der Waals surface area contributed by atoms with E-state index >= 15 is 0 Å². The molecule has 0 aliphatic heterocycles. The van der Waals surface area contributed by atoms with Crippen LogP contribution in [0.5, 0.6) is 0 Å². The first-order valence-electron chi connectivity index (χ1n) is 7.26. The average molecular weight is 329 g/mol. The number of nitrogens with zero attached hydrogens (tertiary/aromatic N) is 4. The van der Waals surface area contributed by atoms with Crippen LogP contribution in [0.1, 0.15) is 33.8 Å². The Morgan fingerprint density at radius 3 is 2.91 bits per heavy atom. The fourth-order valence-corrected chi connectivity index (χ4v) is 3.62.